The average Bonchev–Trinajstić information content (AvgIpc) is 2.69. The van der Waals surface area contributed by atoms with E-state index in [9.17, 15) is 18.8 Å². The van der Waals surface area contributed by atoms with Crippen molar-refractivity contribution in [1.82, 2.24) is 10.2 Å². The van der Waals surface area contributed by atoms with Crippen LogP contribution in [0, 0.1) is 5.82 Å². The average molecular weight is 538 g/mol. The molecule has 0 aliphatic carbocycles. The molecule has 1 heterocycles. The number of rotatable bonds is 6. The van der Waals surface area contributed by atoms with Gasteiger partial charge in [-0.2, -0.15) is 0 Å². The van der Waals surface area contributed by atoms with Crippen LogP contribution in [0.2, 0.25) is 0 Å². The first kappa shape index (κ1) is 21.9. The molecule has 0 aromatic heterocycles. The third kappa shape index (κ3) is 4.68. The zero-order valence-corrected chi connectivity index (χ0v) is 18.6. The standard InChI is InChI=1S/C21H15Br2FN2O4/c1-2-7-26-20(28)14(19(27)25-21(26)29)8-12-9-15(22)18(16(23)10-12)30-11-13-5-3-4-6-17(13)24/h2-6,8-10H,1,7,11H2,(H,25,27,29). The Morgan fingerprint density at radius 2 is 1.80 bits per heavy atom. The van der Waals surface area contributed by atoms with E-state index in [4.69, 9.17) is 4.74 Å². The van der Waals surface area contributed by atoms with Crippen molar-refractivity contribution in [2.45, 2.75) is 6.61 Å². The molecule has 1 aliphatic rings. The number of carbonyl (C=O) groups is 3. The SMILES string of the molecule is C=CCN1C(=O)NC(=O)C(=Cc2cc(Br)c(OCc3ccccc3F)c(Br)c2)C1=O. The van der Waals surface area contributed by atoms with E-state index < -0.39 is 17.8 Å². The first-order valence-electron chi connectivity index (χ1n) is 8.67. The van der Waals surface area contributed by atoms with Gasteiger partial charge >= 0.3 is 6.03 Å². The van der Waals surface area contributed by atoms with Gasteiger partial charge in [-0.25, -0.2) is 9.18 Å². The molecule has 0 unspecified atom stereocenters. The van der Waals surface area contributed by atoms with Crippen LogP contribution in [0.25, 0.3) is 6.08 Å². The summed E-state index contributed by atoms with van der Waals surface area (Å²) in [5.74, 6) is -1.43. The van der Waals surface area contributed by atoms with Gasteiger partial charge in [0.1, 0.15) is 23.7 Å². The minimum absolute atomic E-state index is 0.0177. The Labute approximate surface area is 188 Å². The monoisotopic (exact) mass is 536 g/mol. The highest BCUT2D eigenvalue weighted by Gasteiger charge is 2.34. The summed E-state index contributed by atoms with van der Waals surface area (Å²) in [5.41, 5.74) is 0.729. The molecule has 9 heteroatoms. The zero-order chi connectivity index (χ0) is 21.8. The molecule has 1 fully saturated rings. The van der Waals surface area contributed by atoms with Crippen LogP contribution in [0.5, 0.6) is 5.75 Å². The lowest BCUT2D eigenvalue weighted by molar-refractivity contribution is -0.129. The molecule has 0 bridgehead atoms. The number of urea groups is 1. The second-order valence-corrected chi connectivity index (χ2v) is 7.92. The van der Waals surface area contributed by atoms with Gasteiger partial charge in [-0.3, -0.25) is 19.8 Å². The first-order chi connectivity index (χ1) is 14.3. The van der Waals surface area contributed by atoms with Crippen LogP contribution in [-0.4, -0.2) is 29.3 Å². The zero-order valence-electron chi connectivity index (χ0n) is 15.5. The van der Waals surface area contributed by atoms with E-state index >= 15 is 0 Å². The molecule has 1 N–H and O–H groups in total. The van der Waals surface area contributed by atoms with Gasteiger partial charge in [0.05, 0.1) is 8.95 Å². The quantitative estimate of drug-likeness (QED) is 0.332. The molecule has 4 amide bonds. The predicted octanol–water partition coefficient (Wildman–Crippen LogP) is 4.58. The lowest BCUT2D eigenvalue weighted by atomic mass is 10.1. The number of halogens is 3. The second kappa shape index (κ2) is 9.36. The molecule has 2 aromatic rings. The highest BCUT2D eigenvalue weighted by molar-refractivity contribution is 9.11. The van der Waals surface area contributed by atoms with Crippen molar-refractivity contribution < 1.29 is 23.5 Å². The lowest BCUT2D eigenvalue weighted by Gasteiger charge is -2.25. The molecule has 0 saturated carbocycles. The molecular formula is C21H15Br2FN2O4. The number of benzene rings is 2. The van der Waals surface area contributed by atoms with Crippen LogP contribution < -0.4 is 10.1 Å². The fourth-order valence-corrected chi connectivity index (χ4v) is 4.17. The smallest absolute Gasteiger partial charge is 0.331 e. The number of nitrogens with zero attached hydrogens (tertiary/aromatic N) is 1. The first-order valence-corrected chi connectivity index (χ1v) is 10.3. The number of carbonyl (C=O) groups excluding carboxylic acids is 3. The van der Waals surface area contributed by atoms with E-state index in [2.05, 4.69) is 43.8 Å². The summed E-state index contributed by atoms with van der Waals surface area (Å²) in [6.45, 7) is 3.50. The van der Waals surface area contributed by atoms with Gasteiger partial charge in [0.25, 0.3) is 11.8 Å². The highest BCUT2D eigenvalue weighted by atomic mass is 79.9. The Kier molecular flexibility index (Phi) is 6.84. The summed E-state index contributed by atoms with van der Waals surface area (Å²) < 4.78 is 20.6. The Bertz CT molecular complexity index is 1060. The number of hydrogen-bond acceptors (Lipinski definition) is 4. The van der Waals surface area contributed by atoms with E-state index in [1.54, 1.807) is 30.3 Å². The second-order valence-electron chi connectivity index (χ2n) is 6.22. The van der Waals surface area contributed by atoms with Crippen molar-refractivity contribution in [3.8, 4) is 5.75 Å². The molecular weight excluding hydrogens is 523 g/mol. The van der Waals surface area contributed by atoms with E-state index in [1.165, 1.54) is 18.2 Å². The van der Waals surface area contributed by atoms with Gasteiger partial charge in [-0.1, -0.05) is 24.3 Å². The molecule has 1 aliphatic heterocycles. The summed E-state index contributed by atoms with van der Waals surface area (Å²) in [7, 11) is 0. The fourth-order valence-electron chi connectivity index (χ4n) is 2.72. The summed E-state index contributed by atoms with van der Waals surface area (Å²) >= 11 is 6.78. The van der Waals surface area contributed by atoms with Crippen molar-refractivity contribution in [3.63, 3.8) is 0 Å². The maximum atomic E-state index is 13.8. The van der Waals surface area contributed by atoms with Crippen LogP contribution in [0.15, 0.2) is 63.6 Å². The largest absolute Gasteiger partial charge is 0.486 e. The molecule has 2 aromatic carbocycles. The van der Waals surface area contributed by atoms with E-state index in [0.717, 1.165) is 4.90 Å². The Hall–Kier alpha value is -2.78. The van der Waals surface area contributed by atoms with Crippen LogP contribution in [0.4, 0.5) is 9.18 Å². The molecule has 6 nitrogen and oxygen atoms in total. The number of amides is 4. The third-order valence-corrected chi connectivity index (χ3v) is 5.34. The van der Waals surface area contributed by atoms with E-state index in [1.807, 2.05) is 0 Å². The van der Waals surface area contributed by atoms with Crippen molar-refractivity contribution in [3.05, 3.63) is 80.5 Å². The van der Waals surface area contributed by atoms with Gasteiger partial charge in [-0.15, -0.1) is 6.58 Å². The van der Waals surface area contributed by atoms with Crippen molar-refractivity contribution in [1.29, 1.82) is 0 Å². The molecule has 0 spiro atoms. The van der Waals surface area contributed by atoms with Gasteiger partial charge in [0.15, 0.2) is 0 Å². The van der Waals surface area contributed by atoms with Gasteiger partial charge < -0.3 is 4.74 Å². The van der Waals surface area contributed by atoms with E-state index in [0.29, 0.717) is 25.8 Å². The maximum Gasteiger partial charge on any atom is 0.331 e. The number of ether oxygens (including phenoxy) is 1. The van der Waals surface area contributed by atoms with Crippen LogP contribution in [0.1, 0.15) is 11.1 Å². The molecule has 0 radical (unpaired) electrons. The van der Waals surface area contributed by atoms with Crippen molar-refractivity contribution >= 4 is 55.8 Å². The van der Waals surface area contributed by atoms with Gasteiger partial charge in [-0.05, 0) is 61.7 Å². The van der Waals surface area contributed by atoms with Gasteiger partial charge in [0, 0.05) is 12.1 Å². The molecule has 1 saturated heterocycles. The number of hydrogen-bond donors (Lipinski definition) is 1. The molecule has 154 valence electrons. The Morgan fingerprint density at radius 1 is 1.13 bits per heavy atom. The summed E-state index contributed by atoms with van der Waals surface area (Å²) in [4.78, 5) is 37.3. The van der Waals surface area contributed by atoms with Gasteiger partial charge in [0.2, 0.25) is 0 Å². The highest BCUT2D eigenvalue weighted by Crippen LogP contribution is 2.36. The number of nitrogens with one attached hydrogen (secondary N) is 1. The fraction of sp³-hybridized carbons (Fsp3) is 0.0952. The topological polar surface area (TPSA) is 75.7 Å². The van der Waals surface area contributed by atoms with Crippen LogP contribution in [-0.2, 0) is 16.2 Å². The summed E-state index contributed by atoms with van der Waals surface area (Å²) in [5, 5.41) is 2.13. The minimum atomic E-state index is -0.790. The van der Waals surface area contributed by atoms with E-state index in [-0.39, 0.29) is 24.5 Å². The maximum absolute atomic E-state index is 13.8. The summed E-state index contributed by atoms with van der Waals surface area (Å²) in [6, 6.07) is 8.78. The normalized spacial score (nSPS) is 15.4. The van der Waals surface area contributed by atoms with Crippen LogP contribution >= 0.6 is 31.9 Å². The molecule has 30 heavy (non-hydrogen) atoms. The summed E-state index contributed by atoms with van der Waals surface area (Å²) in [6.07, 6.45) is 2.76. The number of barbiturate groups is 1. The van der Waals surface area contributed by atoms with Crippen molar-refractivity contribution in [2.24, 2.45) is 0 Å². The molecule has 0 atom stereocenters. The lowest BCUT2D eigenvalue weighted by Crippen LogP contribution is -2.54. The van der Waals surface area contributed by atoms with Crippen molar-refractivity contribution in [2.75, 3.05) is 6.54 Å². The Morgan fingerprint density at radius 3 is 2.43 bits per heavy atom. The Balaban J connectivity index is 1.86. The third-order valence-electron chi connectivity index (χ3n) is 4.16. The molecule has 3 rings (SSSR count). The minimum Gasteiger partial charge on any atom is -0.486 e. The number of imide groups is 2. The van der Waals surface area contributed by atoms with Crippen LogP contribution in [0.3, 0.4) is 0 Å². The predicted molar refractivity (Wildman–Crippen MR) is 116 cm³/mol.